The largest absolute Gasteiger partial charge is 0.496 e. The molecule has 0 aliphatic carbocycles. The maximum atomic E-state index is 14.7. The number of hydrogen-bond acceptors (Lipinski definition) is 9. The van der Waals surface area contributed by atoms with Crippen LogP contribution in [0.4, 0.5) is 0 Å². The molecule has 1 aromatic heterocycles. The van der Waals surface area contributed by atoms with Crippen LogP contribution in [0, 0.1) is 11.3 Å². The van der Waals surface area contributed by atoms with Crippen LogP contribution in [0.1, 0.15) is 40.8 Å². The maximum absolute atomic E-state index is 14.7. The number of fused-ring (bicyclic) bond motifs is 2. The number of rotatable bonds is 10. The molecule has 0 bridgehead atoms. The highest BCUT2D eigenvalue weighted by molar-refractivity contribution is 9.10. The lowest BCUT2D eigenvalue weighted by Crippen LogP contribution is -2.40. The van der Waals surface area contributed by atoms with Gasteiger partial charge < -0.3 is 18.9 Å². The molecule has 9 nitrogen and oxygen atoms in total. The van der Waals surface area contributed by atoms with Gasteiger partial charge in [-0.1, -0.05) is 106 Å². The normalized spacial score (nSPS) is 13.9. The highest BCUT2D eigenvalue weighted by Gasteiger charge is 2.37. The minimum atomic E-state index is -0.936. The van der Waals surface area contributed by atoms with E-state index >= 15 is 0 Å². The van der Waals surface area contributed by atoms with Crippen molar-refractivity contribution >= 4 is 55.8 Å². The molecule has 0 amide bonds. The Morgan fingerprint density at radius 3 is 2.43 bits per heavy atom. The van der Waals surface area contributed by atoms with Crippen molar-refractivity contribution < 1.29 is 23.7 Å². The Bertz CT molecular complexity index is 2640. The van der Waals surface area contributed by atoms with Crippen molar-refractivity contribution in [2.24, 2.45) is 4.99 Å². The van der Waals surface area contributed by atoms with Gasteiger partial charge in [-0.2, -0.15) is 5.26 Å². The topological polar surface area (TPSA) is 112 Å². The number of benzene rings is 5. The van der Waals surface area contributed by atoms with Crippen LogP contribution in [0.3, 0.4) is 0 Å². The number of methoxy groups -OCH3 is 2. The molecule has 6 aromatic rings. The molecule has 1 unspecified atom stereocenters. The molecule has 0 saturated heterocycles. The van der Waals surface area contributed by atoms with Crippen molar-refractivity contribution in [1.29, 1.82) is 5.26 Å². The van der Waals surface area contributed by atoms with E-state index in [0.717, 1.165) is 16.3 Å². The minimum absolute atomic E-state index is 0.134. The molecular formula is C42H32BrN3O6S. The van der Waals surface area contributed by atoms with Crippen molar-refractivity contribution in [2.75, 3.05) is 20.8 Å². The Kier molecular flexibility index (Phi) is 10.3. The summed E-state index contributed by atoms with van der Waals surface area (Å²) >= 11 is 4.88. The van der Waals surface area contributed by atoms with Crippen LogP contribution in [0.25, 0.3) is 22.5 Å². The van der Waals surface area contributed by atoms with E-state index in [2.05, 4.69) is 22.0 Å². The van der Waals surface area contributed by atoms with Crippen LogP contribution < -0.4 is 29.1 Å². The second-order valence-corrected chi connectivity index (χ2v) is 13.8. The molecule has 1 atom stereocenters. The highest BCUT2D eigenvalue weighted by Crippen LogP contribution is 2.42. The molecule has 264 valence electrons. The number of esters is 1. The Hall–Kier alpha value is -5.96. The monoisotopic (exact) mass is 785 g/mol. The molecule has 53 heavy (non-hydrogen) atoms. The summed E-state index contributed by atoms with van der Waals surface area (Å²) in [5.41, 5.74) is 3.58. The lowest BCUT2D eigenvalue weighted by atomic mass is 9.89. The molecular weight excluding hydrogens is 754 g/mol. The zero-order valence-electron chi connectivity index (χ0n) is 29.0. The van der Waals surface area contributed by atoms with Gasteiger partial charge in [-0.05, 0) is 53.6 Å². The molecule has 0 N–H and O–H groups in total. The summed E-state index contributed by atoms with van der Waals surface area (Å²) < 4.78 is 26.0. The molecule has 7 rings (SSSR count). The van der Waals surface area contributed by atoms with E-state index in [1.807, 2.05) is 78.9 Å². The van der Waals surface area contributed by atoms with Gasteiger partial charge in [0.2, 0.25) is 0 Å². The van der Waals surface area contributed by atoms with Crippen LogP contribution in [0.2, 0.25) is 0 Å². The predicted molar refractivity (Wildman–Crippen MR) is 208 cm³/mol. The summed E-state index contributed by atoms with van der Waals surface area (Å²) in [7, 11) is 3.11. The number of aromatic nitrogens is 1. The summed E-state index contributed by atoms with van der Waals surface area (Å²) in [6.45, 7) is 2.04. The zero-order valence-corrected chi connectivity index (χ0v) is 31.4. The molecule has 2 heterocycles. The van der Waals surface area contributed by atoms with Gasteiger partial charge in [0.15, 0.2) is 16.3 Å². The van der Waals surface area contributed by atoms with Crippen LogP contribution in [0.15, 0.2) is 123 Å². The third-order valence-corrected chi connectivity index (χ3v) is 10.6. The SMILES string of the molecule is CCOC(=O)C1=C(c2ccccc2)N=c2s/c(=C/c3cc(OC)c(OCc4ccccc4C#N)cc3Br)c(=O)n2C1c1c(OC)ccc2ccccc12. The fraction of sp³-hybridized carbons (Fsp3) is 0.143. The molecule has 5 aromatic carbocycles. The Balaban J connectivity index is 1.44. The average Bonchev–Trinajstić information content (AvgIpc) is 3.50. The first-order valence-electron chi connectivity index (χ1n) is 16.7. The first kappa shape index (κ1) is 35.4. The number of nitriles is 1. The van der Waals surface area contributed by atoms with Crippen LogP contribution >= 0.6 is 27.3 Å². The number of carbonyl (C=O) groups excluding carboxylic acids is 1. The van der Waals surface area contributed by atoms with E-state index in [-0.39, 0.29) is 24.3 Å². The maximum Gasteiger partial charge on any atom is 0.338 e. The van der Waals surface area contributed by atoms with E-state index in [1.54, 1.807) is 48.9 Å². The summed E-state index contributed by atoms with van der Waals surface area (Å²) in [5, 5.41) is 11.2. The molecule has 0 spiro atoms. The predicted octanol–water partition coefficient (Wildman–Crippen LogP) is 7.32. The zero-order chi connectivity index (χ0) is 37.1. The van der Waals surface area contributed by atoms with E-state index in [9.17, 15) is 14.9 Å². The summed E-state index contributed by atoms with van der Waals surface area (Å²) in [4.78, 5) is 34.2. The van der Waals surface area contributed by atoms with Crippen molar-refractivity contribution in [3.05, 3.63) is 161 Å². The molecule has 1 aliphatic rings. The van der Waals surface area contributed by atoms with E-state index < -0.39 is 12.0 Å². The van der Waals surface area contributed by atoms with E-state index in [0.29, 0.717) is 59.0 Å². The molecule has 1 aliphatic heterocycles. The average molecular weight is 787 g/mol. The minimum Gasteiger partial charge on any atom is -0.496 e. The van der Waals surface area contributed by atoms with Gasteiger partial charge in [-0.3, -0.25) is 9.36 Å². The van der Waals surface area contributed by atoms with Gasteiger partial charge in [-0.25, -0.2) is 9.79 Å². The smallest absolute Gasteiger partial charge is 0.338 e. The standard InChI is InChI=1S/C42H32BrN3O6S/c1-4-51-41(48)37-38(26-13-6-5-7-14-26)45-42-46(39(37)36-30-17-11-10-12-25(30)18-19-32(36)49-2)40(47)35(53-42)21-29-20-33(50-3)34(22-31(29)43)52-24-28-16-9-8-15-27(28)23-44/h5-22,39H,4,24H2,1-3H3/b35-21+. The number of hydrogen-bond donors (Lipinski definition) is 0. The fourth-order valence-corrected chi connectivity index (χ4v) is 7.86. The fourth-order valence-electron chi connectivity index (χ4n) is 6.43. The lowest BCUT2D eigenvalue weighted by molar-refractivity contribution is -0.138. The number of thiazole rings is 1. The van der Waals surface area contributed by atoms with Crippen LogP contribution in [-0.4, -0.2) is 31.4 Å². The Labute approximate surface area is 317 Å². The van der Waals surface area contributed by atoms with Crippen molar-refractivity contribution in [3.8, 4) is 23.3 Å². The van der Waals surface area contributed by atoms with Gasteiger partial charge in [-0.15, -0.1) is 0 Å². The van der Waals surface area contributed by atoms with Gasteiger partial charge in [0.05, 0.1) is 48.3 Å². The van der Waals surface area contributed by atoms with Crippen molar-refractivity contribution in [1.82, 2.24) is 4.57 Å². The lowest BCUT2D eigenvalue weighted by Gasteiger charge is -2.28. The Morgan fingerprint density at radius 2 is 1.68 bits per heavy atom. The summed E-state index contributed by atoms with van der Waals surface area (Å²) in [6.07, 6.45) is 1.76. The van der Waals surface area contributed by atoms with E-state index in [4.69, 9.17) is 23.9 Å². The van der Waals surface area contributed by atoms with E-state index in [1.165, 1.54) is 18.4 Å². The molecule has 0 radical (unpaired) electrons. The number of halogens is 1. The quantitative estimate of drug-likeness (QED) is 0.134. The molecule has 11 heteroatoms. The second-order valence-electron chi connectivity index (χ2n) is 11.9. The van der Waals surface area contributed by atoms with Gasteiger partial charge in [0.25, 0.3) is 5.56 Å². The summed E-state index contributed by atoms with van der Waals surface area (Å²) in [5.74, 6) is 0.834. The van der Waals surface area contributed by atoms with Gasteiger partial charge in [0, 0.05) is 21.2 Å². The first-order chi connectivity index (χ1) is 25.9. The molecule has 0 saturated carbocycles. The molecule has 0 fully saturated rings. The Morgan fingerprint density at radius 1 is 0.943 bits per heavy atom. The number of carbonyl (C=O) groups is 1. The third-order valence-electron chi connectivity index (χ3n) is 8.89. The van der Waals surface area contributed by atoms with Gasteiger partial charge >= 0.3 is 5.97 Å². The first-order valence-corrected chi connectivity index (χ1v) is 18.3. The third kappa shape index (κ3) is 6.75. The van der Waals surface area contributed by atoms with Gasteiger partial charge in [0.1, 0.15) is 18.4 Å². The number of ether oxygens (including phenoxy) is 4. The van der Waals surface area contributed by atoms with Crippen LogP contribution in [0.5, 0.6) is 17.2 Å². The second kappa shape index (κ2) is 15.3. The highest BCUT2D eigenvalue weighted by atomic mass is 79.9. The van der Waals surface area contributed by atoms with Crippen LogP contribution in [-0.2, 0) is 16.1 Å². The van der Waals surface area contributed by atoms with Crippen molar-refractivity contribution in [3.63, 3.8) is 0 Å². The number of nitrogens with zero attached hydrogens (tertiary/aromatic N) is 3. The van der Waals surface area contributed by atoms with Crippen molar-refractivity contribution in [2.45, 2.75) is 19.6 Å². The summed E-state index contributed by atoms with van der Waals surface area (Å²) in [6, 6.07) is 33.1.